The predicted molar refractivity (Wildman–Crippen MR) is 37.4 cm³/mol. The Morgan fingerprint density at radius 1 is 1.25 bits per heavy atom. The molecule has 0 aliphatic carbocycles. The Morgan fingerprint density at radius 2 is 1.62 bits per heavy atom. The van der Waals surface area contributed by atoms with Crippen molar-refractivity contribution in [2.75, 3.05) is 14.1 Å². The lowest BCUT2D eigenvalue weighted by Crippen LogP contribution is -2.27. The smallest absolute Gasteiger partial charge is 0.158 e. The van der Waals surface area contributed by atoms with Crippen LogP contribution >= 0.6 is 15.9 Å². The number of alkyl halides is 1. The summed E-state index contributed by atoms with van der Waals surface area (Å²) >= 11 is 3.46. The number of rotatable bonds is 0. The fourth-order valence-electron chi connectivity index (χ4n) is 0.640. The topological polar surface area (TPSA) is 6.48 Å². The molecule has 3 heteroatoms. The van der Waals surface area contributed by atoms with E-state index < -0.39 is 0 Å². The molecule has 0 atom stereocenters. The summed E-state index contributed by atoms with van der Waals surface area (Å²) in [5.41, 5.74) is 0. The van der Waals surface area contributed by atoms with Gasteiger partial charge in [-0.05, 0) is 15.9 Å². The quantitative estimate of drug-likeness (QED) is 0.402. The lowest BCUT2D eigenvalue weighted by molar-refractivity contribution is 0.309. The normalized spacial score (nSPS) is 20.9. The molecule has 0 unspecified atom stereocenters. The van der Waals surface area contributed by atoms with E-state index in [0.717, 1.165) is 0 Å². The van der Waals surface area contributed by atoms with Crippen LogP contribution in [0.3, 0.4) is 0 Å². The van der Waals surface area contributed by atoms with Gasteiger partial charge in [0.05, 0.1) is 0 Å². The van der Waals surface area contributed by atoms with Crippen molar-refractivity contribution in [3.63, 3.8) is 0 Å². The summed E-state index contributed by atoms with van der Waals surface area (Å²) in [5, 5.41) is 0.350. The van der Waals surface area contributed by atoms with Crippen LogP contribution in [0.4, 0.5) is 0 Å². The molecule has 1 aliphatic rings. The van der Waals surface area contributed by atoms with Crippen molar-refractivity contribution in [3.8, 4) is 0 Å². The van der Waals surface area contributed by atoms with E-state index in [1.54, 1.807) is 0 Å². The van der Waals surface area contributed by atoms with Gasteiger partial charge in [-0.15, -0.1) is 0 Å². The van der Waals surface area contributed by atoms with E-state index in [0.29, 0.717) is 5.08 Å². The average Bonchev–Trinajstić information content (AvgIpc) is 1.98. The van der Waals surface area contributed by atoms with Crippen molar-refractivity contribution in [1.29, 1.82) is 0 Å². The van der Waals surface area contributed by atoms with E-state index in [1.807, 2.05) is 26.5 Å². The molecule has 2 nitrogen and oxygen atoms in total. The van der Waals surface area contributed by atoms with Gasteiger partial charge in [0, 0.05) is 26.5 Å². The molecule has 0 bridgehead atoms. The van der Waals surface area contributed by atoms with E-state index in [2.05, 4.69) is 25.7 Å². The van der Waals surface area contributed by atoms with Crippen molar-refractivity contribution in [2.45, 2.75) is 5.08 Å². The Kier molecular flexibility index (Phi) is 1.47. The SMILES string of the molecule is CN1C=CN(C)C1Br. The van der Waals surface area contributed by atoms with E-state index >= 15 is 0 Å². The molecule has 1 rings (SSSR count). The maximum absolute atomic E-state index is 3.46. The molecule has 0 aromatic carbocycles. The molecule has 8 heavy (non-hydrogen) atoms. The Hall–Kier alpha value is -0.180. The van der Waals surface area contributed by atoms with Crippen LogP contribution in [-0.4, -0.2) is 29.0 Å². The minimum absolute atomic E-state index is 0.350. The molecule has 1 heterocycles. The highest BCUT2D eigenvalue weighted by atomic mass is 79.9. The Labute approximate surface area is 57.9 Å². The molecule has 0 saturated carbocycles. The van der Waals surface area contributed by atoms with Crippen LogP contribution in [0.25, 0.3) is 0 Å². The third-order valence-corrected chi connectivity index (χ3v) is 2.50. The van der Waals surface area contributed by atoms with E-state index in [9.17, 15) is 0 Å². The van der Waals surface area contributed by atoms with Gasteiger partial charge in [0.2, 0.25) is 0 Å². The van der Waals surface area contributed by atoms with Gasteiger partial charge in [-0.2, -0.15) is 0 Å². The van der Waals surface area contributed by atoms with Crippen molar-refractivity contribution in [1.82, 2.24) is 9.80 Å². The highest BCUT2D eigenvalue weighted by molar-refractivity contribution is 9.09. The van der Waals surface area contributed by atoms with Gasteiger partial charge in [-0.3, -0.25) is 0 Å². The summed E-state index contributed by atoms with van der Waals surface area (Å²) in [6, 6.07) is 0. The first-order chi connectivity index (χ1) is 3.72. The summed E-state index contributed by atoms with van der Waals surface area (Å²) in [6.45, 7) is 0. The number of hydrogen-bond acceptors (Lipinski definition) is 2. The summed E-state index contributed by atoms with van der Waals surface area (Å²) in [5.74, 6) is 0. The highest BCUT2D eigenvalue weighted by Gasteiger charge is 2.14. The molecular formula is C5H9BrN2. The van der Waals surface area contributed by atoms with Crippen LogP contribution in [0.15, 0.2) is 12.4 Å². The minimum atomic E-state index is 0.350. The molecule has 0 amide bonds. The zero-order chi connectivity index (χ0) is 6.15. The van der Waals surface area contributed by atoms with Crippen LogP contribution in [0, 0.1) is 0 Å². The summed E-state index contributed by atoms with van der Waals surface area (Å²) in [7, 11) is 4.05. The molecular weight excluding hydrogens is 168 g/mol. The van der Waals surface area contributed by atoms with Gasteiger partial charge < -0.3 is 9.80 Å². The van der Waals surface area contributed by atoms with Crippen molar-refractivity contribution in [3.05, 3.63) is 12.4 Å². The fourth-order valence-corrected chi connectivity index (χ4v) is 0.913. The maximum atomic E-state index is 3.46. The Bertz CT molecular complexity index is 101. The first-order valence-electron chi connectivity index (χ1n) is 2.48. The molecule has 0 aromatic rings. The standard InChI is InChI=1S/C5H9BrN2/c1-7-3-4-8(2)5(7)6/h3-5H,1-2H3. The number of nitrogens with zero attached hydrogens (tertiary/aromatic N) is 2. The monoisotopic (exact) mass is 176 g/mol. The van der Waals surface area contributed by atoms with Crippen LogP contribution in [0.1, 0.15) is 0 Å². The third kappa shape index (κ3) is 0.823. The van der Waals surface area contributed by atoms with Crippen LogP contribution in [0.5, 0.6) is 0 Å². The fraction of sp³-hybridized carbons (Fsp3) is 0.600. The van der Waals surface area contributed by atoms with Crippen LogP contribution < -0.4 is 0 Å². The predicted octanol–water partition coefficient (Wildman–Crippen LogP) is 1.01. The molecule has 0 fully saturated rings. The summed E-state index contributed by atoms with van der Waals surface area (Å²) < 4.78 is 0. The lowest BCUT2D eigenvalue weighted by atomic mass is 10.9. The molecule has 0 saturated heterocycles. The van der Waals surface area contributed by atoms with Crippen molar-refractivity contribution < 1.29 is 0 Å². The van der Waals surface area contributed by atoms with Gasteiger partial charge in [0.25, 0.3) is 0 Å². The minimum Gasteiger partial charge on any atom is -0.350 e. The van der Waals surface area contributed by atoms with Gasteiger partial charge in [0.15, 0.2) is 5.08 Å². The second-order valence-corrected chi connectivity index (χ2v) is 2.76. The molecule has 0 radical (unpaired) electrons. The average molecular weight is 177 g/mol. The maximum Gasteiger partial charge on any atom is 0.158 e. The largest absolute Gasteiger partial charge is 0.350 e. The van der Waals surface area contributed by atoms with Gasteiger partial charge in [-0.1, -0.05) is 0 Å². The molecule has 0 spiro atoms. The third-order valence-electron chi connectivity index (χ3n) is 1.21. The molecule has 0 aromatic heterocycles. The van der Waals surface area contributed by atoms with E-state index in [4.69, 9.17) is 0 Å². The number of halogens is 1. The van der Waals surface area contributed by atoms with Gasteiger partial charge >= 0.3 is 0 Å². The van der Waals surface area contributed by atoms with Crippen LogP contribution in [-0.2, 0) is 0 Å². The second kappa shape index (κ2) is 1.97. The Balaban J connectivity index is 2.55. The zero-order valence-electron chi connectivity index (χ0n) is 5.00. The molecule has 1 aliphatic heterocycles. The van der Waals surface area contributed by atoms with Crippen molar-refractivity contribution in [2.24, 2.45) is 0 Å². The highest BCUT2D eigenvalue weighted by Crippen LogP contribution is 2.15. The van der Waals surface area contributed by atoms with Crippen molar-refractivity contribution >= 4 is 15.9 Å². The summed E-state index contributed by atoms with van der Waals surface area (Å²) in [4.78, 5) is 4.17. The van der Waals surface area contributed by atoms with Crippen LogP contribution in [0.2, 0.25) is 0 Å². The van der Waals surface area contributed by atoms with E-state index in [-0.39, 0.29) is 0 Å². The molecule has 0 N–H and O–H groups in total. The number of hydrogen-bond donors (Lipinski definition) is 0. The summed E-state index contributed by atoms with van der Waals surface area (Å²) in [6.07, 6.45) is 4.05. The lowest BCUT2D eigenvalue weighted by Gasteiger charge is -2.20. The second-order valence-electron chi connectivity index (χ2n) is 1.94. The zero-order valence-corrected chi connectivity index (χ0v) is 6.59. The Morgan fingerprint density at radius 3 is 1.75 bits per heavy atom. The first kappa shape index (κ1) is 5.95. The molecule has 46 valence electrons. The van der Waals surface area contributed by atoms with Gasteiger partial charge in [0.1, 0.15) is 0 Å². The first-order valence-corrected chi connectivity index (χ1v) is 3.39. The van der Waals surface area contributed by atoms with Gasteiger partial charge in [-0.25, -0.2) is 0 Å². The van der Waals surface area contributed by atoms with E-state index in [1.165, 1.54) is 0 Å².